The molecule has 1 N–H and O–H groups in total. The van der Waals surface area contributed by atoms with Crippen molar-refractivity contribution in [2.45, 2.75) is 6.42 Å². The lowest BCUT2D eigenvalue weighted by Gasteiger charge is -2.27. The highest BCUT2D eigenvalue weighted by atomic mass is 16.5. The molecule has 34 heavy (non-hydrogen) atoms. The number of ether oxygens (including phenoxy) is 2. The van der Waals surface area contributed by atoms with E-state index in [1.165, 1.54) is 0 Å². The Morgan fingerprint density at radius 2 is 1.85 bits per heavy atom. The number of nitrogens with one attached hydrogen (secondary N) is 1. The van der Waals surface area contributed by atoms with Crippen molar-refractivity contribution < 1.29 is 14.3 Å². The van der Waals surface area contributed by atoms with Gasteiger partial charge in [0.25, 0.3) is 0 Å². The third-order valence-electron chi connectivity index (χ3n) is 6.11. The highest BCUT2D eigenvalue weighted by Gasteiger charge is 2.27. The molecule has 2 aromatic carbocycles. The summed E-state index contributed by atoms with van der Waals surface area (Å²) in [7, 11) is 7.80. The van der Waals surface area contributed by atoms with E-state index in [-0.39, 0.29) is 11.8 Å². The number of carbonyl (C=O) groups is 1. The SMILES string of the molecule is COc1ccc2c(c1)C[C@H](C(=O)Nc1ccc(-c3ccncc3)cc1N(C)CCN(C)C)CO2. The van der Waals surface area contributed by atoms with Crippen LogP contribution in [0.4, 0.5) is 11.4 Å². The summed E-state index contributed by atoms with van der Waals surface area (Å²) in [6, 6.07) is 15.8. The molecular weight excluding hydrogens is 428 g/mol. The van der Waals surface area contributed by atoms with Gasteiger partial charge < -0.3 is 24.6 Å². The predicted molar refractivity (Wildman–Crippen MR) is 136 cm³/mol. The minimum atomic E-state index is -0.278. The first kappa shape index (κ1) is 23.6. The summed E-state index contributed by atoms with van der Waals surface area (Å²) in [6.45, 7) is 2.08. The summed E-state index contributed by atoms with van der Waals surface area (Å²) in [5.74, 6) is 1.25. The first-order valence-corrected chi connectivity index (χ1v) is 11.5. The molecule has 0 unspecified atom stereocenters. The van der Waals surface area contributed by atoms with E-state index in [0.717, 1.165) is 52.7 Å². The Balaban J connectivity index is 1.56. The first-order valence-electron chi connectivity index (χ1n) is 11.5. The number of rotatable bonds is 8. The normalized spacial score (nSPS) is 14.8. The summed E-state index contributed by atoms with van der Waals surface area (Å²) in [5.41, 5.74) is 4.92. The zero-order valence-corrected chi connectivity index (χ0v) is 20.2. The van der Waals surface area contributed by atoms with Crippen LogP contribution in [0.5, 0.6) is 11.5 Å². The molecule has 0 radical (unpaired) electrons. The summed E-state index contributed by atoms with van der Waals surface area (Å²) in [5, 5.41) is 3.17. The molecule has 0 saturated heterocycles. The van der Waals surface area contributed by atoms with Crippen molar-refractivity contribution in [3.05, 3.63) is 66.5 Å². The molecule has 178 valence electrons. The number of aromatic nitrogens is 1. The molecule has 0 fully saturated rings. The second-order valence-electron chi connectivity index (χ2n) is 8.87. The monoisotopic (exact) mass is 460 g/mol. The maximum absolute atomic E-state index is 13.3. The van der Waals surface area contributed by atoms with Crippen molar-refractivity contribution >= 4 is 17.3 Å². The van der Waals surface area contributed by atoms with Gasteiger partial charge in [0.1, 0.15) is 18.1 Å². The molecule has 1 aliphatic rings. The van der Waals surface area contributed by atoms with E-state index in [1.54, 1.807) is 19.5 Å². The Labute approximate surface area is 201 Å². The fourth-order valence-electron chi connectivity index (χ4n) is 4.05. The Bertz CT molecular complexity index is 1130. The fraction of sp³-hybridized carbons (Fsp3) is 0.333. The van der Waals surface area contributed by atoms with E-state index in [1.807, 2.05) is 42.5 Å². The molecule has 1 atom stereocenters. The van der Waals surface area contributed by atoms with Gasteiger partial charge in [0.15, 0.2) is 0 Å². The number of carbonyl (C=O) groups excluding carboxylic acids is 1. The van der Waals surface area contributed by atoms with Crippen LogP contribution in [0.25, 0.3) is 11.1 Å². The molecule has 7 heteroatoms. The van der Waals surface area contributed by atoms with Gasteiger partial charge in [-0.1, -0.05) is 6.07 Å². The molecule has 1 amide bonds. The zero-order valence-electron chi connectivity index (χ0n) is 20.2. The summed E-state index contributed by atoms with van der Waals surface area (Å²) in [6.07, 6.45) is 4.19. The zero-order chi connectivity index (χ0) is 24.1. The van der Waals surface area contributed by atoms with Gasteiger partial charge >= 0.3 is 0 Å². The van der Waals surface area contributed by atoms with E-state index in [0.29, 0.717) is 13.0 Å². The standard InChI is InChI=1S/C27H32N4O3/c1-30(2)13-14-31(3)25-17-20(19-9-11-28-12-10-19)5-7-24(25)29-27(32)22-15-21-16-23(33-4)6-8-26(21)34-18-22/h5-12,16-17,22H,13-15,18H2,1-4H3,(H,29,32)/t22-/m0/s1. The van der Waals surface area contributed by atoms with Crippen LogP contribution in [0.2, 0.25) is 0 Å². The van der Waals surface area contributed by atoms with Crippen LogP contribution in [-0.4, -0.2) is 63.7 Å². The molecule has 1 aromatic heterocycles. The number of pyridine rings is 1. The molecule has 4 rings (SSSR count). The molecule has 2 heterocycles. The average molecular weight is 461 g/mol. The van der Waals surface area contributed by atoms with Gasteiger partial charge in [0.05, 0.1) is 24.4 Å². The van der Waals surface area contributed by atoms with Gasteiger partial charge in [-0.05, 0) is 79.7 Å². The van der Waals surface area contributed by atoms with Gasteiger partial charge in [0, 0.05) is 32.5 Å². The van der Waals surface area contributed by atoms with E-state index < -0.39 is 0 Å². The molecule has 0 bridgehead atoms. The number of likely N-dealkylation sites (N-methyl/N-ethyl adjacent to an activating group) is 2. The second kappa shape index (κ2) is 10.6. The number of amides is 1. The van der Waals surface area contributed by atoms with Crippen LogP contribution < -0.4 is 19.7 Å². The highest BCUT2D eigenvalue weighted by Crippen LogP contribution is 2.34. The number of hydrogen-bond donors (Lipinski definition) is 1. The Hall–Kier alpha value is -3.58. The maximum Gasteiger partial charge on any atom is 0.231 e. The first-order chi connectivity index (χ1) is 16.4. The van der Waals surface area contributed by atoms with Gasteiger partial charge in [-0.2, -0.15) is 0 Å². The number of fused-ring (bicyclic) bond motifs is 1. The van der Waals surface area contributed by atoms with Gasteiger partial charge in [0.2, 0.25) is 5.91 Å². The van der Waals surface area contributed by atoms with Crippen LogP contribution in [0.1, 0.15) is 5.56 Å². The molecule has 0 aliphatic carbocycles. The summed E-state index contributed by atoms with van der Waals surface area (Å²) in [4.78, 5) is 21.7. The van der Waals surface area contributed by atoms with Gasteiger partial charge in [-0.15, -0.1) is 0 Å². The third-order valence-corrected chi connectivity index (χ3v) is 6.11. The molecule has 0 saturated carbocycles. The van der Waals surface area contributed by atoms with Crippen molar-refractivity contribution in [1.82, 2.24) is 9.88 Å². The van der Waals surface area contributed by atoms with Crippen LogP contribution >= 0.6 is 0 Å². The third kappa shape index (κ3) is 5.48. The number of benzene rings is 2. The van der Waals surface area contributed by atoms with Crippen molar-refractivity contribution in [2.24, 2.45) is 5.92 Å². The van der Waals surface area contributed by atoms with E-state index >= 15 is 0 Å². The Kier molecular flexibility index (Phi) is 7.33. The quantitative estimate of drug-likeness (QED) is 0.549. The Morgan fingerprint density at radius 3 is 2.59 bits per heavy atom. The largest absolute Gasteiger partial charge is 0.497 e. The van der Waals surface area contributed by atoms with E-state index in [9.17, 15) is 4.79 Å². The van der Waals surface area contributed by atoms with Crippen molar-refractivity contribution in [2.75, 3.05) is 58.2 Å². The van der Waals surface area contributed by atoms with Crippen LogP contribution in [0.3, 0.4) is 0 Å². The van der Waals surface area contributed by atoms with Crippen molar-refractivity contribution in [3.63, 3.8) is 0 Å². The minimum Gasteiger partial charge on any atom is -0.497 e. The Morgan fingerprint density at radius 1 is 1.06 bits per heavy atom. The number of hydrogen-bond acceptors (Lipinski definition) is 6. The average Bonchev–Trinajstić information content (AvgIpc) is 2.87. The molecule has 7 nitrogen and oxygen atoms in total. The van der Waals surface area contributed by atoms with Crippen LogP contribution in [0, 0.1) is 5.92 Å². The number of methoxy groups -OCH3 is 1. The predicted octanol–water partition coefficient (Wildman–Crippen LogP) is 3.94. The molecular formula is C27H32N4O3. The van der Waals surface area contributed by atoms with Crippen LogP contribution in [-0.2, 0) is 11.2 Å². The molecule has 0 spiro atoms. The van der Waals surface area contributed by atoms with Gasteiger partial charge in [-0.25, -0.2) is 0 Å². The van der Waals surface area contributed by atoms with Crippen LogP contribution in [0.15, 0.2) is 60.9 Å². The molecule has 3 aromatic rings. The topological polar surface area (TPSA) is 66.9 Å². The second-order valence-corrected chi connectivity index (χ2v) is 8.87. The summed E-state index contributed by atoms with van der Waals surface area (Å²) >= 11 is 0. The smallest absolute Gasteiger partial charge is 0.231 e. The van der Waals surface area contributed by atoms with Gasteiger partial charge in [-0.3, -0.25) is 9.78 Å². The highest BCUT2D eigenvalue weighted by molar-refractivity contribution is 5.97. The summed E-state index contributed by atoms with van der Waals surface area (Å²) < 4.78 is 11.2. The number of nitrogens with zero attached hydrogens (tertiary/aromatic N) is 3. The molecule has 1 aliphatic heterocycles. The lowest BCUT2D eigenvalue weighted by atomic mass is 9.95. The lowest BCUT2D eigenvalue weighted by Crippen LogP contribution is -2.33. The van der Waals surface area contributed by atoms with E-state index in [4.69, 9.17) is 9.47 Å². The van der Waals surface area contributed by atoms with Crippen molar-refractivity contribution in [3.8, 4) is 22.6 Å². The van der Waals surface area contributed by atoms with Crippen molar-refractivity contribution in [1.29, 1.82) is 0 Å². The fourth-order valence-corrected chi connectivity index (χ4v) is 4.05. The lowest BCUT2D eigenvalue weighted by molar-refractivity contribution is -0.121. The minimum absolute atomic E-state index is 0.0487. The van der Waals surface area contributed by atoms with E-state index in [2.05, 4.69) is 47.3 Å². The number of anilines is 2. The maximum atomic E-state index is 13.3.